The summed E-state index contributed by atoms with van der Waals surface area (Å²) in [7, 11) is 0. The number of benzene rings is 1. The normalized spacial score (nSPS) is 17.8. The molecule has 3 N–H and O–H groups in total. The van der Waals surface area contributed by atoms with Crippen molar-refractivity contribution in [1.29, 1.82) is 0 Å². The van der Waals surface area contributed by atoms with Crippen LogP contribution in [0.15, 0.2) is 12.1 Å². The highest BCUT2D eigenvalue weighted by Gasteiger charge is 2.21. The van der Waals surface area contributed by atoms with E-state index in [-0.39, 0.29) is 6.10 Å². The van der Waals surface area contributed by atoms with Crippen LogP contribution in [0.5, 0.6) is 0 Å². The second-order valence-electron chi connectivity index (χ2n) is 4.05. The largest absolute Gasteiger partial charge is 0.399 e. The van der Waals surface area contributed by atoms with E-state index in [0.29, 0.717) is 15.7 Å². The van der Waals surface area contributed by atoms with Gasteiger partial charge in [0.05, 0.1) is 21.8 Å². The molecule has 0 amide bonds. The third-order valence-electron chi connectivity index (χ3n) is 2.82. The molecule has 0 aromatic heterocycles. The summed E-state index contributed by atoms with van der Waals surface area (Å²) in [5, 5.41) is 10.6. The van der Waals surface area contributed by atoms with Gasteiger partial charge in [-0.3, -0.25) is 0 Å². The van der Waals surface area contributed by atoms with Crippen LogP contribution >= 0.6 is 23.2 Å². The van der Waals surface area contributed by atoms with E-state index in [1.165, 1.54) is 0 Å². The first-order valence-electron chi connectivity index (χ1n) is 5.25. The van der Waals surface area contributed by atoms with Crippen LogP contribution in [0.2, 0.25) is 10.0 Å². The fourth-order valence-corrected chi connectivity index (χ4v) is 2.72. The van der Waals surface area contributed by atoms with Crippen molar-refractivity contribution in [3.63, 3.8) is 0 Å². The average molecular weight is 261 g/mol. The standard InChI is InChI=1S/C11H14Cl2N2O/c12-9-5-7(14)6-10(13)11(9)15-3-1-8(16)2-4-15/h5-6,8,16H,1-4,14H2. The van der Waals surface area contributed by atoms with Crippen LogP contribution in [0.25, 0.3) is 0 Å². The molecule has 1 fully saturated rings. The van der Waals surface area contributed by atoms with Crippen molar-refractivity contribution in [2.75, 3.05) is 23.7 Å². The molecule has 1 aliphatic heterocycles. The molecule has 0 aliphatic carbocycles. The topological polar surface area (TPSA) is 49.5 Å². The zero-order chi connectivity index (χ0) is 11.7. The van der Waals surface area contributed by atoms with E-state index in [1.54, 1.807) is 12.1 Å². The molecular formula is C11H14Cl2N2O. The maximum Gasteiger partial charge on any atom is 0.0746 e. The number of nitrogen functional groups attached to an aromatic ring is 1. The maximum absolute atomic E-state index is 9.44. The summed E-state index contributed by atoms with van der Waals surface area (Å²) in [4.78, 5) is 2.09. The van der Waals surface area contributed by atoms with E-state index in [1.807, 2.05) is 0 Å². The van der Waals surface area contributed by atoms with E-state index in [9.17, 15) is 5.11 Å². The summed E-state index contributed by atoms with van der Waals surface area (Å²) in [6.45, 7) is 1.54. The third-order valence-corrected chi connectivity index (χ3v) is 3.40. The Bertz CT molecular complexity index is 367. The number of hydrogen-bond acceptors (Lipinski definition) is 3. The highest BCUT2D eigenvalue weighted by molar-refractivity contribution is 6.39. The number of rotatable bonds is 1. The van der Waals surface area contributed by atoms with Crippen LogP contribution in [-0.2, 0) is 0 Å². The van der Waals surface area contributed by atoms with Crippen molar-refractivity contribution >= 4 is 34.6 Å². The molecule has 3 nitrogen and oxygen atoms in total. The lowest BCUT2D eigenvalue weighted by molar-refractivity contribution is 0.145. The van der Waals surface area contributed by atoms with Gasteiger partial charge in [-0.25, -0.2) is 0 Å². The zero-order valence-electron chi connectivity index (χ0n) is 8.79. The Morgan fingerprint density at radius 2 is 1.69 bits per heavy atom. The fraction of sp³-hybridized carbons (Fsp3) is 0.455. The van der Waals surface area contributed by atoms with Crippen LogP contribution in [-0.4, -0.2) is 24.3 Å². The number of halogens is 2. The van der Waals surface area contributed by atoms with Gasteiger partial charge in [0, 0.05) is 18.8 Å². The van der Waals surface area contributed by atoms with Crippen molar-refractivity contribution < 1.29 is 5.11 Å². The van der Waals surface area contributed by atoms with Crippen LogP contribution < -0.4 is 10.6 Å². The lowest BCUT2D eigenvalue weighted by Crippen LogP contribution is -2.36. The van der Waals surface area contributed by atoms with Crippen molar-refractivity contribution in [3.05, 3.63) is 22.2 Å². The predicted molar refractivity (Wildman–Crippen MR) is 68.3 cm³/mol. The number of nitrogens with two attached hydrogens (primary N) is 1. The van der Waals surface area contributed by atoms with Crippen LogP contribution in [0, 0.1) is 0 Å². The second-order valence-corrected chi connectivity index (χ2v) is 4.87. The molecule has 1 saturated heterocycles. The van der Waals surface area contributed by atoms with E-state index in [2.05, 4.69) is 4.90 Å². The second kappa shape index (κ2) is 4.70. The van der Waals surface area contributed by atoms with Gasteiger partial charge in [-0.15, -0.1) is 0 Å². The molecule has 1 aromatic carbocycles. The lowest BCUT2D eigenvalue weighted by Gasteiger charge is -2.32. The first-order chi connectivity index (χ1) is 7.58. The molecule has 1 aromatic rings. The number of nitrogens with zero attached hydrogens (tertiary/aromatic N) is 1. The molecule has 0 bridgehead atoms. The minimum Gasteiger partial charge on any atom is -0.399 e. The molecule has 0 atom stereocenters. The van der Waals surface area contributed by atoms with Crippen molar-refractivity contribution in [1.82, 2.24) is 0 Å². The summed E-state index contributed by atoms with van der Waals surface area (Å²) < 4.78 is 0. The van der Waals surface area contributed by atoms with Gasteiger partial charge in [-0.2, -0.15) is 0 Å². The van der Waals surface area contributed by atoms with Crippen LogP contribution in [0.3, 0.4) is 0 Å². The van der Waals surface area contributed by atoms with Crippen LogP contribution in [0.4, 0.5) is 11.4 Å². The Morgan fingerprint density at radius 1 is 1.19 bits per heavy atom. The quantitative estimate of drug-likeness (QED) is 0.764. The molecule has 5 heteroatoms. The number of piperidine rings is 1. The summed E-state index contributed by atoms with van der Waals surface area (Å²) in [5.41, 5.74) is 7.04. The van der Waals surface area contributed by atoms with Gasteiger partial charge in [0.15, 0.2) is 0 Å². The van der Waals surface area contributed by atoms with Crippen molar-refractivity contribution in [2.24, 2.45) is 0 Å². The third kappa shape index (κ3) is 2.37. The fourth-order valence-electron chi connectivity index (χ4n) is 1.98. The lowest BCUT2D eigenvalue weighted by atomic mass is 10.1. The first kappa shape index (κ1) is 11.8. The Hall–Kier alpha value is -0.640. The van der Waals surface area contributed by atoms with Crippen molar-refractivity contribution in [3.8, 4) is 0 Å². The Balaban J connectivity index is 2.26. The number of aliphatic hydroxyl groups is 1. The van der Waals surface area contributed by atoms with E-state index >= 15 is 0 Å². The van der Waals surface area contributed by atoms with Gasteiger partial charge in [0.25, 0.3) is 0 Å². The van der Waals surface area contributed by atoms with Gasteiger partial charge in [-0.1, -0.05) is 23.2 Å². The first-order valence-corrected chi connectivity index (χ1v) is 6.01. The summed E-state index contributed by atoms with van der Waals surface area (Å²) in [6, 6.07) is 3.40. The summed E-state index contributed by atoms with van der Waals surface area (Å²) in [6.07, 6.45) is 1.29. The zero-order valence-corrected chi connectivity index (χ0v) is 10.3. The molecule has 88 valence electrons. The molecule has 16 heavy (non-hydrogen) atoms. The summed E-state index contributed by atoms with van der Waals surface area (Å²) in [5.74, 6) is 0. The predicted octanol–water partition coefficient (Wildman–Crippen LogP) is 2.54. The smallest absolute Gasteiger partial charge is 0.0746 e. The minimum absolute atomic E-state index is 0.206. The number of hydrogen-bond donors (Lipinski definition) is 2. The Morgan fingerprint density at radius 3 is 2.19 bits per heavy atom. The molecule has 0 spiro atoms. The van der Waals surface area contributed by atoms with Gasteiger partial charge in [0.1, 0.15) is 0 Å². The monoisotopic (exact) mass is 260 g/mol. The molecular weight excluding hydrogens is 247 g/mol. The van der Waals surface area contributed by atoms with E-state index < -0.39 is 0 Å². The summed E-state index contributed by atoms with van der Waals surface area (Å²) >= 11 is 12.3. The van der Waals surface area contributed by atoms with Gasteiger partial charge < -0.3 is 15.7 Å². The van der Waals surface area contributed by atoms with Crippen LogP contribution in [0.1, 0.15) is 12.8 Å². The van der Waals surface area contributed by atoms with Crippen molar-refractivity contribution in [2.45, 2.75) is 18.9 Å². The number of aliphatic hydroxyl groups excluding tert-OH is 1. The van der Waals surface area contributed by atoms with Gasteiger partial charge in [0.2, 0.25) is 0 Å². The van der Waals surface area contributed by atoms with E-state index in [4.69, 9.17) is 28.9 Å². The Labute approximate surface area is 105 Å². The minimum atomic E-state index is -0.206. The average Bonchev–Trinajstić information content (AvgIpc) is 2.19. The highest BCUT2D eigenvalue weighted by atomic mass is 35.5. The highest BCUT2D eigenvalue weighted by Crippen LogP contribution is 2.37. The molecule has 2 rings (SSSR count). The molecule has 0 unspecified atom stereocenters. The maximum atomic E-state index is 9.44. The number of anilines is 2. The van der Waals surface area contributed by atoms with Gasteiger partial charge >= 0.3 is 0 Å². The molecule has 1 heterocycles. The SMILES string of the molecule is Nc1cc(Cl)c(N2CCC(O)CC2)c(Cl)c1. The van der Waals surface area contributed by atoms with E-state index in [0.717, 1.165) is 31.6 Å². The Kier molecular flexibility index (Phi) is 3.47. The molecule has 1 aliphatic rings. The van der Waals surface area contributed by atoms with Gasteiger partial charge in [-0.05, 0) is 25.0 Å². The molecule has 0 radical (unpaired) electrons. The molecule has 0 saturated carbocycles.